The van der Waals surface area contributed by atoms with E-state index in [0.29, 0.717) is 32.1 Å². The summed E-state index contributed by atoms with van der Waals surface area (Å²) < 4.78 is 11.5. The van der Waals surface area contributed by atoms with Crippen LogP contribution < -0.4 is 15.0 Å². The summed E-state index contributed by atoms with van der Waals surface area (Å²) in [6.45, 7) is 7.27. The van der Waals surface area contributed by atoms with E-state index in [-0.39, 0.29) is 5.56 Å². The molecule has 6 nitrogen and oxygen atoms in total. The molecule has 0 aliphatic carbocycles. The molecule has 0 saturated heterocycles. The van der Waals surface area contributed by atoms with Crippen molar-refractivity contribution in [3.63, 3.8) is 0 Å². The largest absolute Gasteiger partial charge is 0.494 e. The molecule has 1 aliphatic rings. The number of rotatable bonds is 7. The maximum Gasteiger partial charge on any atom is 0.255 e. The molecule has 1 aliphatic heterocycles. The number of ether oxygens (including phenoxy) is 2. The molecule has 0 radical (unpaired) electrons. The minimum atomic E-state index is -0.0587. The van der Waals surface area contributed by atoms with Crippen LogP contribution in [0.3, 0.4) is 0 Å². The number of fused-ring (bicyclic) bond motifs is 1. The van der Waals surface area contributed by atoms with Gasteiger partial charge in [-0.25, -0.2) is 4.98 Å². The molecular formula is C24H27N3O3. The van der Waals surface area contributed by atoms with Gasteiger partial charge in [-0.3, -0.25) is 9.69 Å². The highest BCUT2D eigenvalue weighted by atomic mass is 16.5. The summed E-state index contributed by atoms with van der Waals surface area (Å²) in [5.41, 5.74) is 3.57. The lowest BCUT2D eigenvalue weighted by Crippen LogP contribution is -2.35. The predicted molar refractivity (Wildman–Crippen MR) is 117 cm³/mol. The van der Waals surface area contributed by atoms with E-state index in [9.17, 15) is 4.79 Å². The van der Waals surface area contributed by atoms with E-state index < -0.39 is 0 Å². The van der Waals surface area contributed by atoms with Crippen LogP contribution in [0.4, 0.5) is 0 Å². The van der Waals surface area contributed by atoms with Crippen LogP contribution in [0, 0.1) is 0 Å². The van der Waals surface area contributed by atoms with Crippen molar-refractivity contribution in [2.75, 3.05) is 19.8 Å². The summed E-state index contributed by atoms with van der Waals surface area (Å²) in [5.74, 6) is 2.33. The van der Waals surface area contributed by atoms with Gasteiger partial charge in [0.05, 0.1) is 24.5 Å². The number of hydrogen-bond donors (Lipinski definition) is 1. The number of nitrogens with one attached hydrogen (secondary N) is 1. The molecule has 156 valence electrons. The summed E-state index contributed by atoms with van der Waals surface area (Å²) in [6, 6.07) is 15.7. The van der Waals surface area contributed by atoms with Gasteiger partial charge >= 0.3 is 0 Å². The molecule has 0 atom stereocenters. The first-order valence-corrected chi connectivity index (χ1v) is 10.5. The first kappa shape index (κ1) is 20.2. The molecule has 1 aromatic heterocycles. The summed E-state index contributed by atoms with van der Waals surface area (Å²) in [6.07, 6.45) is 0.744. The predicted octanol–water partition coefficient (Wildman–Crippen LogP) is 3.79. The molecule has 2 aromatic carbocycles. The quantitative estimate of drug-likeness (QED) is 0.648. The van der Waals surface area contributed by atoms with Crippen molar-refractivity contribution in [1.82, 2.24) is 14.9 Å². The molecule has 0 spiro atoms. The Hall–Kier alpha value is -3.12. The molecule has 6 heteroatoms. The summed E-state index contributed by atoms with van der Waals surface area (Å²) in [4.78, 5) is 22.8. The summed E-state index contributed by atoms with van der Waals surface area (Å²) in [7, 11) is 0. The van der Waals surface area contributed by atoms with Gasteiger partial charge in [-0.05, 0) is 32.0 Å². The monoisotopic (exact) mass is 405 g/mol. The fourth-order valence-corrected chi connectivity index (χ4v) is 3.82. The zero-order valence-electron chi connectivity index (χ0n) is 17.5. The second-order valence-electron chi connectivity index (χ2n) is 7.30. The molecule has 4 rings (SSSR count). The number of aromatic amines is 1. The van der Waals surface area contributed by atoms with Gasteiger partial charge in [-0.15, -0.1) is 0 Å². The Morgan fingerprint density at radius 2 is 1.87 bits per heavy atom. The number of hydrogen-bond acceptors (Lipinski definition) is 5. The van der Waals surface area contributed by atoms with E-state index in [4.69, 9.17) is 14.5 Å². The van der Waals surface area contributed by atoms with Gasteiger partial charge in [-0.1, -0.05) is 30.3 Å². The van der Waals surface area contributed by atoms with Crippen LogP contribution in [0.1, 0.15) is 30.7 Å². The van der Waals surface area contributed by atoms with E-state index >= 15 is 0 Å². The van der Waals surface area contributed by atoms with Crippen molar-refractivity contribution < 1.29 is 9.47 Å². The number of nitrogens with zero attached hydrogens (tertiary/aromatic N) is 2. The zero-order chi connectivity index (χ0) is 20.9. The maximum atomic E-state index is 12.8. The van der Waals surface area contributed by atoms with Crippen molar-refractivity contribution in [2.24, 2.45) is 0 Å². The van der Waals surface area contributed by atoms with Gasteiger partial charge in [0.1, 0.15) is 17.3 Å². The van der Waals surface area contributed by atoms with Crippen LogP contribution in [-0.2, 0) is 19.5 Å². The van der Waals surface area contributed by atoms with Crippen LogP contribution in [0.5, 0.6) is 11.5 Å². The van der Waals surface area contributed by atoms with Gasteiger partial charge in [0.25, 0.3) is 5.56 Å². The zero-order valence-corrected chi connectivity index (χ0v) is 17.5. The highest BCUT2D eigenvalue weighted by Gasteiger charge is 2.22. The lowest BCUT2D eigenvalue weighted by molar-refractivity contribution is 0.235. The average Bonchev–Trinajstić information content (AvgIpc) is 2.77. The van der Waals surface area contributed by atoms with Gasteiger partial charge in [0, 0.05) is 37.2 Å². The Morgan fingerprint density at radius 3 is 2.63 bits per heavy atom. The molecule has 0 saturated carbocycles. The first-order valence-electron chi connectivity index (χ1n) is 10.5. The second kappa shape index (κ2) is 9.13. The third-order valence-corrected chi connectivity index (χ3v) is 5.23. The van der Waals surface area contributed by atoms with Crippen molar-refractivity contribution in [3.05, 3.63) is 75.7 Å². The van der Waals surface area contributed by atoms with Crippen molar-refractivity contribution in [3.8, 4) is 22.9 Å². The van der Waals surface area contributed by atoms with Gasteiger partial charge < -0.3 is 14.5 Å². The van der Waals surface area contributed by atoms with Crippen molar-refractivity contribution >= 4 is 0 Å². The molecule has 0 bridgehead atoms. The van der Waals surface area contributed by atoms with E-state index in [1.807, 2.05) is 62.4 Å². The first-order chi connectivity index (χ1) is 14.7. The van der Waals surface area contributed by atoms with E-state index in [0.717, 1.165) is 46.8 Å². The number of aromatic nitrogens is 2. The lowest BCUT2D eigenvalue weighted by Gasteiger charge is -2.28. The topological polar surface area (TPSA) is 67.5 Å². The number of H-pyrrole nitrogens is 1. The van der Waals surface area contributed by atoms with Crippen molar-refractivity contribution in [1.29, 1.82) is 0 Å². The molecule has 0 amide bonds. The van der Waals surface area contributed by atoms with E-state index in [2.05, 4.69) is 9.88 Å². The summed E-state index contributed by atoms with van der Waals surface area (Å²) >= 11 is 0. The van der Waals surface area contributed by atoms with Gasteiger partial charge in [-0.2, -0.15) is 0 Å². The van der Waals surface area contributed by atoms with Crippen LogP contribution in [0.25, 0.3) is 11.4 Å². The average molecular weight is 405 g/mol. The normalized spacial score (nSPS) is 13.7. The molecular weight excluding hydrogens is 378 g/mol. The van der Waals surface area contributed by atoms with Gasteiger partial charge in [0.15, 0.2) is 0 Å². The minimum absolute atomic E-state index is 0.0587. The second-order valence-corrected chi connectivity index (χ2v) is 7.30. The van der Waals surface area contributed by atoms with Crippen LogP contribution >= 0.6 is 0 Å². The highest BCUT2D eigenvalue weighted by Crippen LogP contribution is 2.28. The van der Waals surface area contributed by atoms with Crippen LogP contribution in [-0.4, -0.2) is 34.6 Å². The molecule has 0 fully saturated rings. The Kier molecular flexibility index (Phi) is 6.14. The Morgan fingerprint density at radius 1 is 1.07 bits per heavy atom. The minimum Gasteiger partial charge on any atom is -0.494 e. The fourth-order valence-electron chi connectivity index (χ4n) is 3.82. The lowest BCUT2D eigenvalue weighted by atomic mass is 10.0. The standard InChI is InChI=1S/C24H27N3O3/c1-3-29-19-10-11-22(30-4-2)18(14-19)15-27-13-12-21-20(16-27)24(28)26-23(25-21)17-8-6-5-7-9-17/h5-11,14H,3-4,12-13,15-16H2,1-2H3,(H,25,26,28). The molecule has 1 N–H and O–H groups in total. The van der Waals surface area contributed by atoms with Crippen molar-refractivity contribution in [2.45, 2.75) is 33.4 Å². The SMILES string of the molecule is CCOc1ccc(OCC)c(CN2CCc3nc(-c4ccccc4)[nH]c(=O)c3C2)c1. The maximum absolute atomic E-state index is 12.8. The summed E-state index contributed by atoms with van der Waals surface area (Å²) in [5, 5.41) is 0. The van der Waals surface area contributed by atoms with E-state index in [1.165, 1.54) is 0 Å². The Balaban J connectivity index is 1.57. The fraction of sp³-hybridized carbons (Fsp3) is 0.333. The molecule has 2 heterocycles. The Bertz CT molecular complexity index is 1060. The molecule has 3 aromatic rings. The molecule has 30 heavy (non-hydrogen) atoms. The molecule has 0 unspecified atom stereocenters. The van der Waals surface area contributed by atoms with E-state index in [1.54, 1.807) is 0 Å². The van der Waals surface area contributed by atoms with Crippen LogP contribution in [0.15, 0.2) is 53.3 Å². The smallest absolute Gasteiger partial charge is 0.255 e. The third kappa shape index (κ3) is 4.39. The number of benzene rings is 2. The highest BCUT2D eigenvalue weighted by molar-refractivity contribution is 5.54. The Labute approximate surface area is 176 Å². The van der Waals surface area contributed by atoms with Crippen LogP contribution in [0.2, 0.25) is 0 Å². The third-order valence-electron chi connectivity index (χ3n) is 5.23. The van der Waals surface area contributed by atoms with Gasteiger partial charge in [0.2, 0.25) is 0 Å².